The number of carbonyl (C=O) groups excluding carboxylic acids is 1. The van der Waals surface area contributed by atoms with Gasteiger partial charge >= 0.3 is 12.2 Å². The van der Waals surface area contributed by atoms with Crippen LogP contribution in [0.3, 0.4) is 0 Å². The fourth-order valence-corrected chi connectivity index (χ4v) is 2.52. The number of hydrogen-bond acceptors (Lipinski definition) is 2. The molecule has 122 valence electrons. The van der Waals surface area contributed by atoms with E-state index in [-0.39, 0.29) is 17.3 Å². The third-order valence-electron chi connectivity index (χ3n) is 3.89. The maximum Gasteiger partial charge on any atom is 0.416 e. The number of carbonyl (C=O) groups is 1. The first-order valence-electron chi connectivity index (χ1n) is 7.20. The van der Waals surface area contributed by atoms with Crippen LogP contribution in [-0.2, 0) is 6.18 Å². The summed E-state index contributed by atoms with van der Waals surface area (Å²) in [6, 6.07) is 3.47. The summed E-state index contributed by atoms with van der Waals surface area (Å²) < 4.78 is 38.7. The average Bonchev–Trinajstić information content (AvgIpc) is 2.64. The Labute approximate surface area is 127 Å². The summed E-state index contributed by atoms with van der Waals surface area (Å²) in [5.41, 5.74) is -0.478. The molecule has 0 saturated carbocycles. The number of likely N-dealkylation sites (N-methyl/N-ethyl adjacent to an activating group) is 1. The van der Waals surface area contributed by atoms with Gasteiger partial charge < -0.3 is 15.1 Å². The summed E-state index contributed by atoms with van der Waals surface area (Å²) in [4.78, 5) is 16.0. The Kier molecular flexibility index (Phi) is 4.95. The molecule has 1 aromatic rings. The molecule has 7 heteroatoms. The Morgan fingerprint density at radius 1 is 1.18 bits per heavy atom. The smallest absolute Gasteiger partial charge is 0.323 e. The summed E-state index contributed by atoms with van der Waals surface area (Å²) in [6.07, 6.45) is -3.57. The van der Waals surface area contributed by atoms with Crippen LogP contribution in [-0.4, -0.2) is 49.1 Å². The molecule has 0 atom stereocenters. The fourth-order valence-electron chi connectivity index (χ4n) is 2.52. The Balaban J connectivity index is 2.12. The van der Waals surface area contributed by atoms with Gasteiger partial charge in [-0.2, -0.15) is 13.2 Å². The lowest BCUT2D eigenvalue weighted by Crippen LogP contribution is -2.37. The van der Waals surface area contributed by atoms with Gasteiger partial charge in [0.1, 0.15) is 0 Å². The molecule has 1 fully saturated rings. The normalized spacial score (nSPS) is 17.2. The highest BCUT2D eigenvalue weighted by Crippen LogP contribution is 2.34. The zero-order valence-electron chi connectivity index (χ0n) is 12.7. The molecule has 2 rings (SSSR count). The molecule has 1 heterocycles. The van der Waals surface area contributed by atoms with E-state index in [0.717, 1.165) is 25.6 Å². The van der Waals surface area contributed by atoms with E-state index in [1.165, 1.54) is 19.1 Å². The van der Waals surface area contributed by atoms with Gasteiger partial charge in [-0.25, -0.2) is 4.79 Å². The lowest BCUT2D eigenvalue weighted by atomic mass is 10.1. The molecule has 0 bridgehead atoms. The molecule has 4 nitrogen and oxygen atoms in total. The number of nitrogens with one attached hydrogen (secondary N) is 1. The maximum atomic E-state index is 12.9. The minimum atomic E-state index is -4.42. The second-order valence-corrected chi connectivity index (χ2v) is 5.55. The third kappa shape index (κ3) is 3.91. The molecule has 0 spiro atoms. The van der Waals surface area contributed by atoms with Crippen molar-refractivity contribution in [1.82, 2.24) is 9.80 Å². The summed E-state index contributed by atoms with van der Waals surface area (Å²) in [7, 11) is 1.98. The number of halogens is 3. The molecular weight excluding hydrogens is 295 g/mol. The zero-order valence-corrected chi connectivity index (χ0v) is 12.7. The quantitative estimate of drug-likeness (QED) is 0.864. The highest BCUT2D eigenvalue weighted by Gasteiger charge is 2.33. The predicted octanol–water partition coefficient (Wildman–Crippen LogP) is 3.18. The van der Waals surface area contributed by atoms with Gasteiger partial charge in [0.2, 0.25) is 0 Å². The summed E-state index contributed by atoms with van der Waals surface area (Å²) >= 11 is 0. The van der Waals surface area contributed by atoms with Crippen molar-refractivity contribution in [3.8, 4) is 0 Å². The average molecular weight is 315 g/mol. The van der Waals surface area contributed by atoms with Crippen molar-refractivity contribution in [3.05, 3.63) is 29.3 Å². The molecule has 1 saturated heterocycles. The first-order valence-corrected chi connectivity index (χ1v) is 7.20. The number of benzene rings is 1. The van der Waals surface area contributed by atoms with E-state index >= 15 is 0 Å². The number of alkyl halides is 3. The van der Waals surface area contributed by atoms with Gasteiger partial charge in [0.25, 0.3) is 0 Å². The van der Waals surface area contributed by atoms with Crippen LogP contribution in [0.25, 0.3) is 0 Å². The first kappa shape index (κ1) is 16.6. The van der Waals surface area contributed by atoms with Crippen LogP contribution in [0.1, 0.15) is 17.5 Å². The van der Waals surface area contributed by atoms with E-state index in [0.29, 0.717) is 13.1 Å². The first-order chi connectivity index (χ1) is 10.3. The number of rotatable bonds is 1. The van der Waals surface area contributed by atoms with Gasteiger partial charge in [-0.05, 0) is 44.6 Å². The van der Waals surface area contributed by atoms with Crippen LogP contribution >= 0.6 is 0 Å². The molecule has 2 amide bonds. The molecule has 0 unspecified atom stereocenters. The highest BCUT2D eigenvalue weighted by atomic mass is 19.4. The number of nitrogens with zero attached hydrogens (tertiary/aromatic N) is 2. The number of amides is 2. The number of anilines is 1. The molecule has 0 radical (unpaired) electrons. The van der Waals surface area contributed by atoms with E-state index in [4.69, 9.17) is 0 Å². The molecule has 1 aliphatic heterocycles. The second-order valence-electron chi connectivity index (χ2n) is 5.55. The Morgan fingerprint density at radius 3 is 2.59 bits per heavy atom. The van der Waals surface area contributed by atoms with Crippen molar-refractivity contribution in [3.63, 3.8) is 0 Å². The van der Waals surface area contributed by atoms with Gasteiger partial charge in [0, 0.05) is 25.3 Å². The van der Waals surface area contributed by atoms with E-state index in [1.807, 2.05) is 7.05 Å². The van der Waals surface area contributed by atoms with E-state index < -0.39 is 11.7 Å². The monoisotopic (exact) mass is 315 g/mol. The van der Waals surface area contributed by atoms with Crippen molar-refractivity contribution < 1.29 is 18.0 Å². The predicted molar refractivity (Wildman–Crippen MR) is 78.9 cm³/mol. The minimum absolute atomic E-state index is 0.0373. The molecule has 0 aromatic heterocycles. The van der Waals surface area contributed by atoms with E-state index in [1.54, 1.807) is 4.90 Å². The Bertz CT molecular complexity index is 545. The maximum absolute atomic E-state index is 12.9. The minimum Gasteiger partial charge on any atom is -0.323 e. The fraction of sp³-hybridized carbons (Fsp3) is 0.533. The van der Waals surface area contributed by atoms with Crippen molar-refractivity contribution in [2.75, 3.05) is 38.5 Å². The van der Waals surface area contributed by atoms with Crippen molar-refractivity contribution >= 4 is 11.7 Å². The van der Waals surface area contributed by atoms with Crippen LogP contribution in [0.15, 0.2) is 18.2 Å². The molecule has 1 N–H and O–H groups in total. The summed E-state index contributed by atoms with van der Waals surface area (Å²) in [5, 5.41) is 2.60. The Morgan fingerprint density at radius 2 is 1.91 bits per heavy atom. The molecule has 0 aliphatic carbocycles. The van der Waals surface area contributed by atoms with Gasteiger partial charge in [0.15, 0.2) is 0 Å². The van der Waals surface area contributed by atoms with Crippen LogP contribution in [0.2, 0.25) is 0 Å². The molecule has 22 heavy (non-hydrogen) atoms. The van der Waals surface area contributed by atoms with E-state index in [2.05, 4.69) is 10.2 Å². The topological polar surface area (TPSA) is 35.6 Å². The third-order valence-corrected chi connectivity index (χ3v) is 3.89. The van der Waals surface area contributed by atoms with Crippen LogP contribution in [0, 0.1) is 6.92 Å². The highest BCUT2D eigenvalue weighted by molar-refractivity contribution is 5.90. The van der Waals surface area contributed by atoms with Gasteiger partial charge in [0.05, 0.1) is 5.56 Å². The SMILES string of the molecule is Cc1c(NC(=O)N2CCCN(C)CC2)cccc1C(F)(F)F. The molecule has 1 aromatic carbocycles. The molecule has 1 aliphatic rings. The van der Waals surface area contributed by atoms with Gasteiger partial charge in [-0.15, -0.1) is 0 Å². The number of hydrogen-bond donors (Lipinski definition) is 1. The zero-order chi connectivity index (χ0) is 16.3. The second kappa shape index (κ2) is 6.56. The van der Waals surface area contributed by atoms with Gasteiger partial charge in [-0.1, -0.05) is 6.07 Å². The van der Waals surface area contributed by atoms with Crippen LogP contribution in [0.5, 0.6) is 0 Å². The van der Waals surface area contributed by atoms with Crippen molar-refractivity contribution in [2.24, 2.45) is 0 Å². The summed E-state index contributed by atoms with van der Waals surface area (Å²) in [5.74, 6) is 0. The summed E-state index contributed by atoms with van der Waals surface area (Å²) in [6.45, 7) is 4.21. The van der Waals surface area contributed by atoms with Crippen molar-refractivity contribution in [1.29, 1.82) is 0 Å². The lowest BCUT2D eigenvalue weighted by Gasteiger charge is -2.22. The lowest BCUT2D eigenvalue weighted by molar-refractivity contribution is -0.138. The standard InChI is InChI=1S/C15H20F3N3O/c1-11-12(15(16,17)18)5-3-6-13(11)19-14(22)21-8-4-7-20(2)9-10-21/h3,5-6H,4,7-10H2,1-2H3,(H,19,22). The number of urea groups is 1. The van der Waals surface area contributed by atoms with Gasteiger partial charge in [-0.3, -0.25) is 0 Å². The largest absolute Gasteiger partial charge is 0.416 e. The van der Waals surface area contributed by atoms with Crippen LogP contribution < -0.4 is 5.32 Å². The van der Waals surface area contributed by atoms with E-state index in [9.17, 15) is 18.0 Å². The Hall–Kier alpha value is -1.76. The van der Waals surface area contributed by atoms with Crippen LogP contribution in [0.4, 0.5) is 23.7 Å². The van der Waals surface area contributed by atoms with Crippen molar-refractivity contribution in [2.45, 2.75) is 19.5 Å². The molecular formula is C15H20F3N3O.